The van der Waals surface area contributed by atoms with E-state index in [0.717, 1.165) is 6.07 Å². The van der Waals surface area contributed by atoms with Crippen molar-refractivity contribution >= 4 is 11.6 Å². The number of aromatic nitrogens is 2. The molecule has 1 rings (SSSR count). The SMILES string of the molecule is CCOc1cc(Cl)nc(C(F)(F)F)n1. The van der Waals surface area contributed by atoms with E-state index in [2.05, 4.69) is 9.97 Å². The molecule has 0 atom stereocenters. The average Bonchev–Trinajstić information content (AvgIpc) is 2.02. The molecule has 3 nitrogen and oxygen atoms in total. The van der Waals surface area contributed by atoms with E-state index in [9.17, 15) is 13.2 Å². The van der Waals surface area contributed by atoms with Crippen molar-refractivity contribution in [1.29, 1.82) is 0 Å². The van der Waals surface area contributed by atoms with Crippen LogP contribution in [-0.2, 0) is 6.18 Å². The van der Waals surface area contributed by atoms with Gasteiger partial charge in [-0.15, -0.1) is 0 Å². The van der Waals surface area contributed by atoms with Crippen LogP contribution >= 0.6 is 11.6 Å². The van der Waals surface area contributed by atoms with Crippen molar-refractivity contribution in [2.24, 2.45) is 0 Å². The number of hydrogen-bond acceptors (Lipinski definition) is 3. The Labute approximate surface area is 82.9 Å². The lowest BCUT2D eigenvalue weighted by molar-refractivity contribution is -0.145. The number of nitrogens with zero attached hydrogens (tertiary/aromatic N) is 2. The summed E-state index contributed by atoms with van der Waals surface area (Å²) in [6.45, 7) is 1.84. The maximum Gasteiger partial charge on any atom is 0.451 e. The van der Waals surface area contributed by atoms with Crippen molar-refractivity contribution in [3.05, 3.63) is 17.0 Å². The van der Waals surface area contributed by atoms with Crippen LogP contribution in [0.15, 0.2) is 6.07 Å². The standard InChI is InChI=1S/C7H6ClF3N2O/c1-2-14-5-3-4(8)12-6(13-5)7(9,10)11/h3H,2H2,1H3. The van der Waals surface area contributed by atoms with Crippen LogP contribution in [0.5, 0.6) is 5.88 Å². The number of alkyl halides is 3. The summed E-state index contributed by atoms with van der Waals surface area (Å²) >= 11 is 5.36. The first-order chi connectivity index (χ1) is 6.43. The summed E-state index contributed by atoms with van der Waals surface area (Å²) in [4.78, 5) is 6.19. The third-order valence-corrected chi connectivity index (χ3v) is 1.41. The second kappa shape index (κ2) is 4.00. The lowest BCUT2D eigenvalue weighted by atomic mass is 10.5. The van der Waals surface area contributed by atoms with E-state index in [1.54, 1.807) is 6.92 Å². The van der Waals surface area contributed by atoms with Crippen LogP contribution in [0.4, 0.5) is 13.2 Å². The predicted octanol–water partition coefficient (Wildman–Crippen LogP) is 2.55. The smallest absolute Gasteiger partial charge is 0.451 e. The van der Waals surface area contributed by atoms with E-state index in [0.29, 0.717) is 0 Å². The highest BCUT2D eigenvalue weighted by atomic mass is 35.5. The predicted molar refractivity (Wildman–Crippen MR) is 43.2 cm³/mol. The zero-order valence-electron chi connectivity index (χ0n) is 7.10. The van der Waals surface area contributed by atoms with Crippen molar-refractivity contribution in [1.82, 2.24) is 9.97 Å². The first-order valence-corrected chi connectivity index (χ1v) is 4.06. The van der Waals surface area contributed by atoms with Crippen LogP contribution < -0.4 is 4.74 Å². The monoisotopic (exact) mass is 226 g/mol. The van der Waals surface area contributed by atoms with Crippen LogP contribution in [0.3, 0.4) is 0 Å². The van der Waals surface area contributed by atoms with Gasteiger partial charge in [0.2, 0.25) is 11.7 Å². The van der Waals surface area contributed by atoms with Gasteiger partial charge in [0, 0.05) is 6.07 Å². The fourth-order valence-electron chi connectivity index (χ4n) is 0.746. The van der Waals surface area contributed by atoms with Gasteiger partial charge in [-0.1, -0.05) is 11.6 Å². The Morgan fingerprint density at radius 1 is 1.43 bits per heavy atom. The summed E-state index contributed by atoms with van der Waals surface area (Å²) in [5.41, 5.74) is 0. The maximum absolute atomic E-state index is 12.1. The van der Waals surface area contributed by atoms with E-state index in [4.69, 9.17) is 16.3 Å². The molecule has 0 bridgehead atoms. The van der Waals surface area contributed by atoms with Gasteiger partial charge in [0.15, 0.2) is 0 Å². The average molecular weight is 227 g/mol. The molecule has 7 heteroatoms. The Hall–Kier alpha value is -1.04. The van der Waals surface area contributed by atoms with Crippen LogP contribution in [0.1, 0.15) is 12.7 Å². The van der Waals surface area contributed by atoms with Gasteiger partial charge < -0.3 is 4.74 Å². The molecule has 0 N–H and O–H groups in total. The molecule has 1 aromatic heterocycles. The van der Waals surface area contributed by atoms with E-state index in [1.807, 2.05) is 0 Å². The Kier molecular flexibility index (Phi) is 3.15. The molecule has 0 saturated heterocycles. The molecule has 0 aromatic carbocycles. The molecule has 1 heterocycles. The fraction of sp³-hybridized carbons (Fsp3) is 0.429. The molecular formula is C7H6ClF3N2O. The maximum atomic E-state index is 12.1. The van der Waals surface area contributed by atoms with E-state index >= 15 is 0 Å². The summed E-state index contributed by atoms with van der Waals surface area (Å²) in [7, 11) is 0. The van der Waals surface area contributed by atoms with Gasteiger partial charge in [-0.3, -0.25) is 0 Å². The summed E-state index contributed by atoms with van der Waals surface area (Å²) < 4.78 is 41.2. The highest BCUT2D eigenvalue weighted by molar-refractivity contribution is 6.29. The van der Waals surface area contributed by atoms with E-state index < -0.39 is 12.0 Å². The third-order valence-electron chi connectivity index (χ3n) is 1.22. The summed E-state index contributed by atoms with van der Waals surface area (Å²) in [5.74, 6) is -1.48. The Balaban J connectivity index is 3.07. The van der Waals surface area contributed by atoms with Crippen molar-refractivity contribution in [2.75, 3.05) is 6.61 Å². The molecule has 0 unspecified atom stereocenters. The Morgan fingerprint density at radius 2 is 2.07 bits per heavy atom. The topological polar surface area (TPSA) is 35.0 Å². The molecule has 0 amide bonds. The van der Waals surface area contributed by atoms with Gasteiger partial charge in [-0.25, -0.2) is 4.98 Å². The first kappa shape index (κ1) is 11.0. The van der Waals surface area contributed by atoms with Crippen molar-refractivity contribution < 1.29 is 17.9 Å². The molecule has 0 radical (unpaired) electrons. The van der Waals surface area contributed by atoms with Gasteiger partial charge >= 0.3 is 6.18 Å². The van der Waals surface area contributed by atoms with Crippen LogP contribution in [0, 0.1) is 0 Å². The Morgan fingerprint density at radius 3 is 2.57 bits per heavy atom. The minimum atomic E-state index is -4.61. The first-order valence-electron chi connectivity index (χ1n) is 3.68. The molecule has 0 spiro atoms. The molecule has 78 valence electrons. The largest absolute Gasteiger partial charge is 0.478 e. The summed E-state index contributed by atoms with van der Waals surface area (Å²) in [6, 6.07) is 1.13. The summed E-state index contributed by atoms with van der Waals surface area (Å²) in [5, 5.41) is -0.296. The number of ether oxygens (including phenoxy) is 1. The van der Waals surface area contributed by atoms with Crippen molar-refractivity contribution in [3.8, 4) is 5.88 Å². The van der Waals surface area contributed by atoms with Gasteiger partial charge in [0.05, 0.1) is 6.61 Å². The second-order valence-electron chi connectivity index (χ2n) is 2.28. The van der Waals surface area contributed by atoms with Crippen LogP contribution in [-0.4, -0.2) is 16.6 Å². The Bertz CT molecular complexity index is 329. The van der Waals surface area contributed by atoms with Crippen molar-refractivity contribution in [3.63, 3.8) is 0 Å². The van der Waals surface area contributed by atoms with Gasteiger partial charge in [-0.2, -0.15) is 18.2 Å². The van der Waals surface area contributed by atoms with Gasteiger partial charge in [0.1, 0.15) is 5.15 Å². The van der Waals surface area contributed by atoms with Crippen molar-refractivity contribution in [2.45, 2.75) is 13.1 Å². The molecule has 1 aromatic rings. The lowest BCUT2D eigenvalue weighted by Gasteiger charge is -2.07. The molecule has 0 aliphatic carbocycles. The molecule has 0 fully saturated rings. The fourth-order valence-corrected chi connectivity index (χ4v) is 0.919. The van der Waals surface area contributed by atoms with E-state index in [-0.39, 0.29) is 17.6 Å². The molecule has 14 heavy (non-hydrogen) atoms. The zero-order valence-corrected chi connectivity index (χ0v) is 7.85. The molecule has 0 aliphatic heterocycles. The van der Waals surface area contributed by atoms with Crippen LogP contribution in [0.2, 0.25) is 5.15 Å². The van der Waals surface area contributed by atoms with Gasteiger partial charge in [-0.05, 0) is 6.92 Å². The second-order valence-corrected chi connectivity index (χ2v) is 2.67. The normalized spacial score (nSPS) is 11.5. The molecule has 0 aliphatic rings. The minimum absolute atomic E-state index is 0.181. The highest BCUT2D eigenvalue weighted by Gasteiger charge is 2.35. The zero-order chi connectivity index (χ0) is 10.8. The molecule has 0 saturated carbocycles. The third kappa shape index (κ3) is 2.73. The number of hydrogen-bond donors (Lipinski definition) is 0. The summed E-state index contributed by atoms with van der Waals surface area (Å²) in [6.07, 6.45) is -4.61. The highest BCUT2D eigenvalue weighted by Crippen LogP contribution is 2.28. The lowest BCUT2D eigenvalue weighted by Crippen LogP contribution is -2.12. The minimum Gasteiger partial charge on any atom is -0.478 e. The quantitative estimate of drug-likeness (QED) is 0.727. The van der Waals surface area contributed by atoms with E-state index in [1.165, 1.54) is 0 Å². The van der Waals surface area contributed by atoms with Crippen LogP contribution in [0.25, 0.3) is 0 Å². The number of rotatable bonds is 2. The number of halogens is 4. The molecular weight excluding hydrogens is 221 g/mol. The van der Waals surface area contributed by atoms with Gasteiger partial charge in [0.25, 0.3) is 0 Å².